The number of ketones is 1. The monoisotopic (exact) mass is 240 g/mol. The van der Waals surface area contributed by atoms with Gasteiger partial charge in [0.05, 0.1) is 6.61 Å². The van der Waals surface area contributed by atoms with E-state index in [1.54, 1.807) is 0 Å². The summed E-state index contributed by atoms with van der Waals surface area (Å²) in [6.07, 6.45) is 1.67. The van der Waals surface area contributed by atoms with Crippen LogP contribution >= 0.6 is 0 Å². The van der Waals surface area contributed by atoms with Crippen LogP contribution in [0.2, 0.25) is 0 Å². The number of carbonyl (C=O) groups is 1. The Balaban J connectivity index is 2.02. The van der Waals surface area contributed by atoms with Crippen LogP contribution in [0, 0.1) is 17.6 Å². The van der Waals surface area contributed by atoms with Crippen molar-refractivity contribution in [3.63, 3.8) is 0 Å². The maximum Gasteiger partial charge on any atom is 0.142 e. The van der Waals surface area contributed by atoms with Crippen molar-refractivity contribution in [3.05, 3.63) is 35.4 Å². The van der Waals surface area contributed by atoms with Crippen molar-refractivity contribution < 1.29 is 18.3 Å². The Hall–Kier alpha value is -1.29. The molecule has 17 heavy (non-hydrogen) atoms. The first-order valence-corrected chi connectivity index (χ1v) is 5.71. The van der Waals surface area contributed by atoms with E-state index < -0.39 is 11.6 Å². The summed E-state index contributed by atoms with van der Waals surface area (Å²) in [6, 6.07) is 3.30. The molecule has 0 N–H and O–H groups in total. The lowest BCUT2D eigenvalue weighted by atomic mass is 9.93. The summed E-state index contributed by atoms with van der Waals surface area (Å²) in [5.41, 5.74) is 0.252. The molecule has 2 nitrogen and oxygen atoms in total. The number of rotatable bonds is 3. The summed E-state index contributed by atoms with van der Waals surface area (Å²) in [6.45, 7) is 1.11. The second-order valence-corrected chi connectivity index (χ2v) is 4.29. The summed E-state index contributed by atoms with van der Waals surface area (Å²) >= 11 is 0. The Kier molecular flexibility index (Phi) is 3.84. The summed E-state index contributed by atoms with van der Waals surface area (Å²) in [5.74, 6) is -1.46. The van der Waals surface area contributed by atoms with Gasteiger partial charge in [0, 0.05) is 25.0 Å². The molecule has 1 unspecified atom stereocenters. The molecule has 0 aromatic heterocycles. The topological polar surface area (TPSA) is 26.3 Å². The minimum absolute atomic E-state index is 0.0140. The first-order chi connectivity index (χ1) is 8.16. The van der Waals surface area contributed by atoms with E-state index in [-0.39, 0.29) is 23.7 Å². The van der Waals surface area contributed by atoms with Crippen LogP contribution in [0.25, 0.3) is 0 Å². The van der Waals surface area contributed by atoms with E-state index >= 15 is 0 Å². The second-order valence-electron chi connectivity index (χ2n) is 4.29. The van der Waals surface area contributed by atoms with Gasteiger partial charge in [0.1, 0.15) is 17.4 Å². The van der Waals surface area contributed by atoms with Crippen LogP contribution in [0.4, 0.5) is 8.78 Å². The van der Waals surface area contributed by atoms with Gasteiger partial charge in [-0.25, -0.2) is 8.78 Å². The maximum atomic E-state index is 13.4. The van der Waals surface area contributed by atoms with Crippen LogP contribution in [-0.2, 0) is 16.0 Å². The van der Waals surface area contributed by atoms with Crippen LogP contribution in [0.3, 0.4) is 0 Å². The van der Waals surface area contributed by atoms with E-state index in [9.17, 15) is 13.6 Å². The number of Topliss-reactive ketones (excluding diaryl/α,β-unsaturated/α-hetero) is 1. The fourth-order valence-electron chi connectivity index (χ4n) is 1.99. The number of benzene rings is 1. The van der Waals surface area contributed by atoms with E-state index in [1.807, 2.05) is 0 Å². The third kappa shape index (κ3) is 3.09. The minimum Gasteiger partial charge on any atom is -0.381 e. The highest BCUT2D eigenvalue weighted by Crippen LogP contribution is 2.18. The van der Waals surface area contributed by atoms with Gasteiger partial charge >= 0.3 is 0 Å². The average molecular weight is 240 g/mol. The third-order valence-electron chi connectivity index (χ3n) is 3.00. The van der Waals surface area contributed by atoms with Gasteiger partial charge in [0.2, 0.25) is 0 Å². The van der Waals surface area contributed by atoms with Crippen LogP contribution in [-0.4, -0.2) is 19.0 Å². The highest BCUT2D eigenvalue weighted by molar-refractivity contribution is 5.83. The first kappa shape index (κ1) is 12.2. The van der Waals surface area contributed by atoms with Crippen molar-refractivity contribution >= 4 is 5.78 Å². The van der Waals surface area contributed by atoms with Crippen LogP contribution in [0.5, 0.6) is 0 Å². The zero-order valence-corrected chi connectivity index (χ0v) is 9.42. The van der Waals surface area contributed by atoms with Gasteiger partial charge in [-0.2, -0.15) is 0 Å². The Morgan fingerprint density at radius 2 is 2.24 bits per heavy atom. The summed E-state index contributed by atoms with van der Waals surface area (Å²) in [7, 11) is 0. The molecule has 0 aliphatic carbocycles. The van der Waals surface area contributed by atoms with Gasteiger partial charge in [-0.3, -0.25) is 4.79 Å². The average Bonchev–Trinajstić information content (AvgIpc) is 2.34. The molecule has 0 saturated carbocycles. The minimum atomic E-state index is -0.657. The second kappa shape index (κ2) is 5.36. The van der Waals surface area contributed by atoms with Crippen LogP contribution in [0.15, 0.2) is 18.2 Å². The Bertz CT molecular complexity index is 412. The fraction of sp³-hybridized carbons (Fsp3) is 0.462. The standard InChI is InChI=1S/C13H14F2O2/c14-11-4-3-9(12(15)7-11)6-13(16)10-2-1-5-17-8-10/h3-4,7,10H,1-2,5-6,8H2. The lowest BCUT2D eigenvalue weighted by Crippen LogP contribution is -2.26. The van der Waals surface area contributed by atoms with E-state index in [2.05, 4.69) is 0 Å². The SMILES string of the molecule is O=C(Cc1ccc(F)cc1F)C1CCCOC1. The van der Waals surface area contributed by atoms with E-state index in [4.69, 9.17) is 4.74 Å². The lowest BCUT2D eigenvalue weighted by molar-refractivity contribution is -0.126. The summed E-state index contributed by atoms with van der Waals surface area (Å²) in [5, 5.41) is 0. The largest absolute Gasteiger partial charge is 0.381 e. The molecule has 1 saturated heterocycles. The molecule has 1 atom stereocenters. The smallest absolute Gasteiger partial charge is 0.142 e. The van der Waals surface area contributed by atoms with Crippen molar-refractivity contribution in [2.45, 2.75) is 19.3 Å². The van der Waals surface area contributed by atoms with Crippen molar-refractivity contribution in [3.8, 4) is 0 Å². The molecule has 1 aromatic carbocycles. The van der Waals surface area contributed by atoms with Gasteiger partial charge in [-0.15, -0.1) is 0 Å². The molecule has 0 spiro atoms. The third-order valence-corrected chi connectivity index (χ3v) is 3.00. The molecule has 1 aromatic rings. The lowest BCUT2D eigenvalue weighted by Gasteiger charge is -2.20. The molecule has 1 heterocycles. The molecule has 0 bridgehead atoms. The predicted molar refractivity (Wildman–Crippen MR) is 58.6 cm³/mol. The molecular weight excluding hydrogens is 226 g/mol. The quantitative estimate of drug-likeness (QED) is 0.811. The van der Waals surface area contributed by atoms with E-state index in [1.165, 1.54) is 12.1 Å². The number of hydrogen-bond acceptors (Lipinski definition) is 2. The molecule has 4 heteroatoms. The zero-order valence-electron chi connectivity index (χ0n) is 9.42. The van der Waals surface area contributed by atoms with Gasteiger partial charge in [0.25, 0.3) is 0 Å². The number of carbonyl (C=O) groups excluding carboxylic acids is 1. The maximum absolute atomic E-state index is 13.4. The number of hydrogen-bond donors (Lipinski definition) is 0. The van der Waals surface area contributed by atoms with Crippen LogP contribution < -0.4 is 0 Å². The van der Waals surface area contributed by atoms with Gasteiger partial charge < -0.3 is 4.74 Å². The Morgan fingerprint density at radius 1 is 1.41 bits per heavy atom. The zero-order chi connectivity index (χ0) is 12.3. The van der Waals surface area contributed by atoms with Crippen molar-refractivity contribution in [2.24, 2.45) is 5.92 Å². The molecule has 1 aliphatic rings. The highest BCUT2D eigenvalue weighted by atomic mass is 19.1. The van der Waals surface area contributed by atoms with Gasteiger partial charge in [0.15, 0.2) is 0 Å². The number of ether oxygens (including phenoxy) is 1. The molecular formula is C13H14F2O2. The predicted octanol–water partition coefficient (Wildman–Crippen LogP) is 2.50. The van der Waals surface area contributed by atoms with Crippen LogP contribution in [0.1, 0.15) is 18.4 Å². The van der Waals surface area contributed by atoms with E-state index in [0.29, 0.717) is 13.2 Å². The molecule has 92 valence electrons. The summed E-state index contributed by atoms with van der Waals surface area (Å²) in [4.78, 5) is 11.9. The normalized spacial score (nSPS) is 20.2. The molecule has 1 fully saturated rings. The Morgan fingerprint density at radius 3 is 2.88 bits per heavy atom. The first-order valence-electron chi connectivity index (χ1n) is 5.71. The Labute approximate surface area is 98.6 Å². The number of halogens is 2. The molecule has 1 aliphatic heterocycles. The van der Waals surface area contributed by atoms with Crippen molar-refractivity contribution in [2.75, 3.05) is 13.2 Å². The molecule has 0 amide bonds. The van der Waals surface area contributed by atoms with Gasteiger partial charge in [-0.05, 0) is 24.5 Å². The van der Waals surface area contributed by atoms with E-state index in [0.717, 1.165) is 18.9 Å². The van der Waals surface area contributed by atoms with Crippen molar-refractivity contribution in [1.29, 1.82) is 0 Å². The van der Waals surface area contributed by atoms with Crippen molar-refractivity contribution in [1.82, 2.24) is 0 Å². The highest BCUT2D eigenvalue weighted by Gasteiger charge is 2.22. The van der Waals surface area contributed by atoms with Gasteiger partial charge in [-0.1, -0.05) is 6.07 Å². The molecule has 2 rings (SSSR count). The fourth-order valence-corrected chi connectivity index (χ4v) is 1.99. The summed E-state index contributed by atoms with van der Waals surface area (Å²) < 4.78 is 31.3. The molecule has 0 radical (unpaired) electrons.